The van der Waals surface area contributed by atoms with Crippen LogP contribution in [0.15, 0.2) is 24.4 Å². The number of nitrogen functional groups attached to an aromatic ring is 1. The van der Waals surface area contributed by atoms with Crippen molar-refractivity contribution >= 4 is 16.5 Å². The van der Waals surface area contributed by atoms with Gasteiger partial charge in [0.05, 0.1) is 12.0 Å². The number of hydrogen-bond acceptors (Lipinski definition) is 4. The molecule has 15 heavy (non-hydrogen) atoms. The quantitative estimate of drug-likeness (QED) is 0.846. The molecule has 0 atom stereocenters. The Hall–Kier alpha value is -1.55. The van der Waals surface area contributed by atoms with Gasteiger partial charge in [0.1, 0.15) is 5.75 Å². The van der Waals surface area contributed by atoms with E-state index in [1.165, 1.54) is 11.3 Å². The van der Waals surface area contributed by atoms with E-state index in [9.17, 15) is 0 Å². The van der Waals surface area contributed by atoms with Crippen LogP contribution in [-0.4, -0.2) is 12.1 Å². The van der Waals surface area contributed by atoms with Crippen LogP contribution in [0, 0.1) is 6.92 Å². The van der Waals surface area contributed by atoms with Crippen molar-refractivity contribution in [2.45, 2.75) is 6.92 Å². The van der Waals surface area contributed by atoms with Crippen LogP contribution in [0.2, 0.25) is 0 Å². The zero-order chi connectivity index (χ0) is 10.8. The van der Waals surface area contributed by atoms with E-state index in [1.807, 2.05) is 25.1 Å². The third-order valence-corrected chi connectivity index (χ3v) is 3.06. The monoisotopic (exact) mass is 220 g/mol. The highest BCUT2D eigenvalue weighted by Gasteiger charge is 2.10. The van der Waals surface area contributed by atoms with Gasteiger partial charge in [-0.1, -0.05) is 23.5 Å². The first-order valence-corrected chi connectivity index (χ1v) is 5.39. The predicted octanol–water partition coefficient (Wildman–Crippen LogP) is 2.71. The molecule has 0 fully saturated rings. The number of nitrogens with zero attached hydrogens (tertiary/aromatic N) is 1. The minimum atomic E-state index is 0.577. The average molecular weight is 220 g/mol. The van der Waals surface area contributed by atoms with Gasteiger partial charge in [-0.2, -0.15) is 0 Å². The van der Waals surface area contributed by atoms with Gasteiger partial charge in [0.15, 0.2) is 5.13 Å². The Morgan fingerprint density at radius 1 is 1.40 bits per heavy atom. The van der Waals surface area contributed by atoms with E-state index >= 15 is 0 Å². The number of benzene rings is 1. The van der Waals surface area contributed by atoms with E-state index in [0.29, 0.717) is 5.13 Å². The fourth-order valence-corrected chi connectivity index (χ4v) is 2.24. The second-order valence-electron chi connectivity index (χ2n) is 3.22. The van der Waals surface area contributed by atoms with Crippen LogP contribution in [0.3, 0.4) is 0 Å². The summed E-state index contributed by atoms with van der Waals surface area (Å²) in [4.78, 5) is 5.07. The van der Waals surface area contributed by atoms with Crippen molar-refractivity contribution < 1.29 is 4.74 Å². The van der Waals surface area contributed by atoms with Crippen LogP contribution in [0.4, 0.5) is 5.13 Å². The van der Waals surface area contributed by atoms with E-state index in [4.69, 9.17) is 10.5 Å². The summed E-state index contributed by atoms with van der Waals surface area (Å²) >= 11 is 1.47. The van der Waals surface area contributed by atoms with Gasteiger partial charge in [0, 0.05) is 11.8 Å². The Morgan fingerprint density at radius 3 is 2.80 bits per heavy atom. The topological polar surface area (TPSA) is 48.1 Å². The SMILES string of the molecule is COc1c(C)cccc1-c1cnc(N)s1. The van der Waals surface area contributed by atoms with Crippen molar-refractivity contribution in [2.75, 3.05) is 12.8 Å². The highest BCUT2D eigenvalue weighted by molar-refractivity contribution is 7.18. The molecule has 2 aromatic rings. The lowest BCUT2D eigenvalue weighted by Crippen LogP contribution is -1.89. The first kappa shape index (κ1) is 9.98. The first-order chi connectivity index (χ1) is 7.22. The molecule has 0 aliphatic carbocycles. The molecule has 0 radical (unpaired) electrons. The summed E-state index contributed by atoms with van der Waals surface area (Å²) in [5.74, 6) is 0.890. The van der Waals surface area contributed by atoms with Crippen molar-refractivity contribution in [1.29, 1.82) is 0 Å². The Kier molecular flexibility index (Phi) is 2.60. The lowest BCUT2D eigenvalue weighted by molar-refractivity contribution is 0.413. The normalized spacial score (nSPS) is 10.3. The van der Waals surface area contributed by atoms with Crippen LogP contribution in [-0.2, 0) is 0 Å². The molecule has 2 rings (SSSR count). The summed E-state index contributed by atoms with van der Waals surface area (Å²) in [7, 11) is 1.68. The van der Waals surface area contributed by atoms with Crippen LogP contribution in [0.25, 0.3) is 10.4 Å². The molecule has 1 aromatic heterocycles. The Bertz CT molecular complexity index is 479. The second kappa shape index (κ2) is 3.90. The molecule has 1 aromatic carbocycles. The molecule has 2 N–H and O–H groups in total. The fraction of sp³-hybridized carbons (Fsp3) is 0.182. The molecule has 0 saturated carbocycles. The van der Waals surface area contributed by atoms with Crippen molar-refractivity contribution in [2.24, 2.45) is 0 Å². The molecule has 0 saturated heterocycles. The number of rotatable bonds is 2. The van der Waals surface area contributed by atoms with Crippen molar-refractivity contribution in [3.63, 3.8) is 0 Å². The number of aromatic nitrogens is 1. The minimum Gasteiger partial charge on any atom is -0.496 e. The number of aryl methyl sites for hydroxylation is 1. The van der Waals surface area contributed by atoms with Crippen LogP contribution < -0.4 is 10.5 Å². The molecule has 0 spiro atoms. The van der Waals surface area contributed by atoms with E-state index in [2.05, 4.69) is 4.98 Å². The smallest absolute Gasteiger partial charge is 0.180 e. The highest BCUT2D eigenvalue weighted by atomic mass is 32.1. The summed E-state index contributed by atoms with van der Waals surface area (Å²) < 4.78 is 5.38. The van der Waals surface area contributed by atoms with Gasteiger partial charge in [0.2, 0.25) is 0 Å². The van der Waals surface area contributed by atoms with Gasteiger partial charge < -0.3 is 10.5 Å². The molecule has 0 aliphatic heterocycles. The molecular weight excluding hydrogens is 208 g/mol. The number of anilines is 1. The molecule has 0 unspecified atom stereocenters. The van der Waals surface area contributed by atoms with Gasteiger partial charge >= 0.3 is 0 Å². The molecule has 1 heterocycles. The van der Waals surface area contributed by atoms with E-state index < -0.39 is 0 Å². The summed E-state index contributed by atoms with van der Waals surface area (Å²) in [6.07, 6.45) is 1.78. The average Bonchev–Trinajstić information content (AvgIpc) is 2.64. The number of methoxy groups -OCH3 is 1. The van der Waals surface area contributed by atoms with Crippen molar-refractivity contribution in [1.82, 2.24) is 4.98 Å². The summed E-state index contributed by atoms with van der Waals surface area (Å²) in [5.41, 5.74) is 7.77. The van der Waals surface area contributed by atoms with Crippen molar-refractivity contribution in [3.05, 3.63) is 30.0 Å². The number of nitrogens with two attached hydrogens (primary N) is 1. The first-order valence-electron chi connectivity index (χ1n) is 4.57. The second-order valence-corrected chi connectivity index (χ2v) is 4.28. The summed E-state index contributed by atoms with van der Waals surface area (Å²) in [6, 6.07) is 6.04. The molecule has 4 heteroatoms. The minimum absolute atomic E-state index is 0.577. The van der Waals surface area contributed by atoms with Crippen LogP contribution in [0.5, 0.6) is 5.75 Å². The third kappa shape index (κ3) is 1.80. The maximum atomic E-state index is 5.61. The zero-order valence-corrected chi connectivity index (χ0v) is 9.47. The molecule has 0 amide bonds. The maximum Gasteiger partial charge on any atom is 0.180 e. The molecule has 3 nitrogen and oxygen atoms in total. The van der Waals surface area contributed by atoms with Gasteiger partial charge in [-0.3, -0.25) is 0 Å². The number of hydrogen-bond donors (Lipinski definition) is 1. The Balaban J connectivity index is 2.57. The summed E-state index contributed by atoms with van der Waals surface area (Å²) in [5, 5.41) is 0.577. The standard InChI is InChI=1S/C11H12N2OS/c1-7-4-3-5-8(10(7)14-2)9-6-13-11(12)15-9/h3-6H,1-2H3,(H2,12,13). The Morgan fingerprint density at radius 2 is 2.20 bits per heavy atom. The largest absolute Gasteiger partial charge is 0.496 e. The lowest BCUT2D eigenvalue weighted by Gasteiger charge is -2.08. The summed E-state index contributed by atoms with van der Waals surface area (Å²) in [6.45, 7) is 2.02. The highest BCUT2D eigenvalue weighted by Crippen LogP contribution is 2.36. The molecule has 0 bridgehead atoms. The van der Waals surface area contributed by atoms with Crippen LogP contribution in [0.1, 0.15) is 5.56 Å². The fourth-order valence-electron chi connectivity index (χ4n) is 1.53. The molecular formula is C11H12N2OS. The maximum absolute atomic E-state index is 5.61. The van der Waals surface area contributed by atoms with E-state index in [-0.39, 0.29) is 0 Å². The predicted molar refractivity (Wildman–Crippen MR) is 63.3 cm³/mol. The number of ether oxygens (including phenoxy) is 1. The molecule has 0 aliphatic rings. The molecule has 78 valence electrons. The van der Waals surface area contributed by atoms with Crippen LogP contribution >= 0.6 is 11.3 Å². The number of para-hydroxylation sites is 1. The van der Waals surface area contributed by atoms with E-state index in [1.54, 1.807) is 13.3 Å². The van der Waals surface area contributed by atoms with Gasteiger partial charge in [0.25, 0.3) is 0 Å². The van der Waals surface area contributed by atoms with Crippen molar-refractivity contribution in [3.8, 4) is 16.2 Å². The lowest BCUT2D eigenvalue weighted by atomic mass is 10.1. The third-order valence-electron chi connectivity index (χ3n) is 2.21. The van der Waals surface area contributed by atoms with Gasteiger partial charge in [-0.25, -0.2) is 4.98 Å². The number of thiazole rings is 1. The Labute approximate surface area is 92.5 Å². The van der Waals surface area contributed by atoms with E-state index in [0.717, 1.165) is 21.8 Å². The van der Waals surface area contributed by atoms with Gasteiger partial charge in [-0.15, -0.1) is 0 Å². The zero-order valence-electron chi connectivity index (χ0n) is 8.65. The van der Waals surface area contributed by atoms with Gasteiger partial charge in [-0.05, 0) is 18.6 Å².